The van der Waals surface area contributed by atoms with Crippen molar-refractivity contribution >= 4 is 21.8 Å². The van der Waals surface area contributed by atoms with Crippen molar-refractivity contribution in [1.29, 1.82) is 0 Å². The minimum Gasteiger partial charge on any atom is -1.00 e. The Kier molecular flexibility index (Phi) is 3.75. The molecule has 0 amide bonds. The van der Waals surface area contributed by atoms with Crippen LogP contribution in [0.4, 0.5) is 5.69 Å². The van der Waals surface area contributed by atoms with Gasteiger partial charge in [0.2, 0.25) is 0 Å². The van der Waals surface area contributed by atoms with Crippen LogP contribution in [0.1, 0.15) is 13.2 Å². The summed E-state index contributed by atoms with van der Waals surface area (Å²) < 4.78 is 0. The van der Waals surface area contributed by atoms with E-state index in [4.69, 9.17) is 5.11 Å². The molecule has 0 spiro atoms. The van der Waals surface area contributed by atoms with Gasteiger partial charge in [0.15, 0.2) is 0 Å². The molecule has 0 atom stereocenters. The fourth-order valence-corrected chi connectivity index (χ4v) is 0.726. The Morgan fingerprint density at radius 1 is 1.38 bits per heavy atom. The SMILES string of the molecule is O=C(O)c1ccc([N+](=O)[O-])cc1.[Be+2].[H-].[H-]. The summed E-state index contributed by atoms with van der Waals surface area (Å²) in [6.45, 7) is 0. The Balaban J connectivity index is -0.000000480. The smallest absolute Gasteiger partial charge is 1.00 e. The van der Waals surface area contributed by atoms with Crippen LogP contribution in [0.3, 0.4) is 0 Å². The van der Waals surface area contributed by atoms with Crippen molar-refractivity contribution in [3.63, 3.8) is 0 Å². The predicted molar refractivity (Wildman–Crippen MR) is 48.0 cm³/mol. The summed E-state index contributed by atoms with van der Waals surface area (Å²) in [6.07, 6.45) is 0. The zero-order chi connectivity index (χ0) is 9.14. The van der Waals surface area contributed by atoms with Crippen LogP contribution < -0.4 is 0 Å². The fraction of sp³-hybridized carbons (Fsp3) is 0. The zero-order valence-corrected chi connectivity index (χ0v) is 6.64. The molecule has 1 rings (SSSR count). The average Bonchev–Trinajstić information content (AvgIpc) is 2.04. The first-order chi connectivity index (χ1) is 5.61. The van der Waals surface area contributed by atoms with E-state index >= 15 is 0 Å². The molecule has 0 bridgehead atoms. The predicted octanol–water partition coefficient (Wildman–Crippen LogP) is 1.14. The number of non-ortho nitro benzene ring substituents is 1. The minimum absolute atomic E-state index is 0. The quantitative estimate of drug-likeness (QED) is 0.418. The monoisotopic (exact) mass is 178 g/mol. The van der Waals surface area contributed by atoms with E-state index < -0.39 is 10.9 Å². The van der Waals surface area contributed by atoms with Gasteiger partial charge in [-0.3, -0.25) is 10.1 Å². The molecule has 0 saturated heterocycles. The van der Waals surface area contributed by atoms with Gasteiger partial charge < -0.3 is 7.96 Å². The molecule has 6 heteroatoms. The molecule has 1 aromatic carbocycles. The number of nitrogens with zero attached hydrogens (tertiary/aromatic N) is 1. The second-order valence-electron chi connectivity index (χ2n) is 2.11. The van der Waals surface area contributed by atoms with Gasteiger partial charge in [-0.25, -0.2) is 4.79 Å². The van der Waals surface area contributed by atoms with Crippen molar-refractivity contribution < 1.29 is 17.7 Å². The Morgan fingerprint density at radius 2 is 1.85 bits per heavy atom. The fourth-order valence-electron chi connectivity index (χ4n) is 0.726. The molecule has 5 nitrogen and oxygen atoms in total. The number of nitro benzene ring substituents is 1. The van der Waals surface area contributed by atoms with Gasteiger partial charge in [-0.15, -0.1) is 0 Å². The summed E-state index contributed by atoms with van der Waals surface area (Å²) in [4.78, 5) is 19.9. The minimum atomic E-state index is -1.09. The van der Waals surface area contributed by atoms with Crippen LogP contribution in [-0.4, -0.2) is 26.1 Å². The van der Waals surface area contributed by atoms with Crippen LogP contribution in [0.15, 0.2) is 24.3 Å². The Bertz CT molecular complexity index is 297. The van der Waals surface area contributed by atoms with E-state index in [9.17, 15) is 14.9 Å². The molecule has 1 N–H and O–H groups in total. The standard InChI is InChI=1S/C7H5NO4.Be.2H/c9-7(10)5-1-3-6(4-2-5)8(11)12;;;/h1-4H,(H,9,10);;;/q;+2;2*-1. The number of carboxylic acid groups (broad SMARTS) is 1. The Labute approximate surface area is 80.3 Å². The summed E-state index contributed by atoms with van der Waals surface area (Å²) in [5.41, 5.74) is -0.0689. The number of hydrogen-bond donors (Lipinski definition) is 1. The van der Waals surface area contributed by atoms with Crippen molar-refractivity contribution in [3.8, 4) is 0 Å². The van der Waals surface area contributed by atoms with E-state index in [1.807, 2.05) is 0 Å². The maximum Gasteiger partial charge on any atom is 2.00 e. The first-order valence-electron chi connectivity index (χ1n) is 3.09. The van der Waals surface area contributed by atoms with E-state index in [0.717, 1.165) is 12.1 Å². The van der Waals surface area contributed by atoms with Crippen molar-refractivity contribution in [2.24, 2.45) is 0 Å². The topological polar surface area (TPSA) is 80.4 Å². The first-order valence-corrected chi connectivity index (χ1v) is 3.09. The largest absolute Gasteiger partial charge is 2.00 e. The Hall–Kier alpha value is -1.74. The number of hydrogen-bond acceptors (Lipinski definition) is 3. The summed E-state index contributed by atoms with van der Waals surface area (Å²) in [5.74, 6) is -1.09. The van der Waals surface area contributed by atoms with Gasteiger partial charge >= 0.3 is 16.1 Å². The molecule has 13 heavy (non-hydrogen) atoms. The van der Waals surface area contributed by atoms with Crippen LogP contribution in [0, 0.1) is 10.1 Å². The third-order valence-electron chi connectivity index (χ3n) is 1.33. The maximum absolute atomic E-state index is 10.3. The van der Waals surface area contributed by atoms with Crippen LogP contribution in [0.2, 0.25) is 0 Å². The molecule has 0 fully saturated rings. The molecule has 0 aliphatic heterocycles. The number of carbonyl (C=O) groups is 1. The van der Waals surface area contributed by atoms with Crippen LogP contribution in [0.5, 0.6) is 0 Å². The first kappa shape index (κ1) is 11.3. The number of rotatable bonds is 2. The van der Waals surface area contributed by atoms with Gasteiger partial charge in [0, 0.05) is 12.1 Å². The normalized spacial score (nSPS) is 8.62. The van der Waals surface area contributed by atoms with Crippen LogP contribution in [0.25, 0.3) is 0 Å². The maximum atomic E-state index is 10.3. The van der Waals surface area contributed by atoms with Crippen LogP contribution >= 0.6 is 0 Å². The van der Waals surface area contributed by atoms with Crippen molar-refractivity contribution in [2.75, 3.05) is 0 Å². The molecule has 0 aliphatic carbocycles. The molecule has 0 saturated carbocycles. The summed E-state index contributed by atoms with van der Waals surface area (Å²) >= 11 is 0. The van der Waals surface area contributed by atoms with Crippen molar-refractivity contribution in [2.45, 2.75) is 0 Å². The Morgan fingerprint density at radius 3 is 2.15 bits per heavy atom. The number of carboxylic acids is 1. The molecule has 0 heterocycles. The summed E-state index contributed by atoms with van der Waals surface area (Å²) in [5, 5.41) is 18.6. The molecule has 1 aromatic rings. The van der Waals surface area contributed by atoms with Gasteiger partial charge in [-0.2, -0.15) is 0 Å². The van der Waals surface area contributed by atoms with E-state index in [1.54, 1.807) is 0 Å². The van der Waals surface area contributed by atoms with E-state index in [1.165, 1.54) is 12.1 Å². The molecule has 66 valence electrons. The van der Waals surface area contributed by atoms with Gasteiger partial charge in [0.1, 0.15) is 0 Å². The van der Waals surface area contributed by atoms with Crippen molar-refractivity contribution in [3.05, 3.63) is 39.9 Å². The molecule has 0 aromatic heterocycles. The van der Waals surface area contributed by atoms with E-state index in [0.29, 0.717) is 0 Å². The second kappa shape index (κ2) is 4.33. The van der Waals surface area contributed by atoms with E-state index in [-0.39, 0.29) is 24.2 Å². The summed E-state index contributed by atoms with van der Waals surface area (Å²) in [7, 11) is 0. The van der Waals surface area contributed by atoms with Gasteiger partial charge in [-0.1, -0.05) is 0 Å². The van der Waals surface area contributed by atoms with Gasteiger partial charge in [-0.05, 0) is 12.1 Å². The van der Waals surface area contributed by atoms with E-state index in [2.05, 4.69) is 0 Å². The number of aromatic carboxylic acids is 1. The summed E-state index contributed by atoms with van der Waals surface area (Å²) in [6, 6.07) is 4.70. The third kappa shape index (κ3) is 2.65. The second-order valence-corrected chi connectivity index (χ2v) is 2.11. The number of benzene rings is 1. The molecular weight excluding hydrogens is 171 g/mol. The molecule has 0 radical (unpaired) electrons. The zero-order valence-electron chi connectivity index (χ0n) is 8.64. The number of nitro groups is 1. The van der Waals surface area contributed by atoms with Crippen LogP contribution in [-0.2, 0) is 0 Å². The average molecular weight is 178 g/mol. The molecule has 0 unspecified atom stereocenters. The molecular formula is C7H7BeNO4. The van der Waals surface area contributed by atoms with Crippen molar-refractivity contribution in [1.82, 2.24) is 0 Å². The van der Waals surface area contributed by atoms with Gasteiger partial charge in [0.25, 0.3) is 5.69 Å². The molecule has 0 aliphatic rings. The van der Waals surface area contributed by atoms with Gasteiger partial charge in [0.05, 0.1) is 10.5 Å². The third-order valence-corrected chi connectivity index (χ3v) is 1.33.